The highest BCUT2D eigenvalue weighted by atomic mass is 79.9. The molecule has 18 heavy (non-hydrogen) atoms. The molecule has 4 heteroatoms. The van der Waals surface area contributed by atoms with Crippen molar-refractivity contribution in [2.75, 3.05) is 0 Å². The van der Waals surface area contributed by atoms with Gasteiger partial charge >= 0.3 is 0 Å². The van der Waals surface area contributed by atoms with Gasteiger partial charge in [-0.3, -0.25) is 4.68 Å². The molecule has 1 unspecified atom stereocenters. The molecule has 96 valence electrons. The summed E-state index contributed by atoms with van der Waals surface area (Å²) in [6, 6.07) is 8.28. The molecule has 2 N–H and O–H groups in total. The number of nitrogens with zero attached hydrogens (tertiary/aromatic N) is 2. The molecule has 0 saturated heterocycles. The number of rotatable bonds is 4. The van der Waals surface area contributed by atoms with Crippen LogP contribution in [0.4, 0.5) is 0 Å². The van der Waals surface area contributed by atoms with Gasteiger partial charge in [-0.25, -0.2) is 0 Å². The fraction of sp³-hybridized carbons (Fsp3) is 0.357. The van der Waals surface area contributed by atoms with E-state index in [1.807, 2.05) is 30.1 Å². The summed E-state index contributed by atoms with van der Waals surface area (Å²) in [5, 5.41) is 4.44. The van der Waals surface area contributed by atoms with Crippen LogP contribution in [0.5, 0.6) is 0 Å². The first-order chi connectivity index (χ1) is 8.60. The Morgan fingerprint density at radius 2 is 2.22 bits per heavy atom. The number of benzene rings is 1. The molecule has 0 radical (unpaired) electrons. The van der Waals surface area contributed by atoms with Crippen LogP contribution in [0.25, 0.3) is 0 Å². The molecule has 0 saturated carbocycles. The summed E-state index contributed by atoms with van der Waals surface area (Å²) in [5.74, 6) is 0. The number of halogens is 1. The Bertz CT molecular complexity index is 534. The molecule has 1 atom stereocenters. The van der Waals surface area contributed by atoms with Crippen molar-refractivity contribution in [1.29, 1.82) is 0 Å². The maximum Gasteiger partial charge on any atom is 0.0669 e. The van der Waals surface area contributed by atoms with Gasteiger partial charge in [0.05, 0.1) is 5.69 Å². The molecule has 0 aliphatic heterocycles. The minimum atomic E-state index is 0.00273. The minimum absolute atomic E-state index is 0.00273. The second kappa shape index (κ2) is 5.67. The standard InChI is InChI=1S/C14H18BrN3/c1-3-14-12(9-18(2)17-14)13(16)8-10-5-4-6-11(15)7-10/h4-7,9,13H,3,8,16H2,1-2H3. The summed E-state index contributed by atoms with van der Waals surface area (Å²) in [6.07, 6.45) is 3.78. The first-order valence-electron chi connectivity index (χ1n) is 6.12. The first-order valence-corrected chi connectivity index (χ1v) is 6.92. The number of aryl methyl sites for hydroxylation is 2. The van der Waals surface area contributed by atoms with Crippen LogP contribution in [0.3, 0.4) is 0 Å². The second-order valence-electron chi connectivity index (χ2n) is 4.50. The molecule has 0 amide bonds. The quantitative estimate of drug-likeness (QED) is 0.943. The summed E-state index contributed by atoms with van der Waals surface area (Å²) in [4.78, 5) is 0. The van der Waals surface area contributed by atoms with Gasteiger partial charge in [0.25, 0.3) is 0 Å². The highest BCUT2D eigenvalue weighted by Gasteiger charge is 2.14. The summed E-state index contributed by atoms with van der Waals surface area (Å²) in [5.41, 5.74) is 9.79. The van der Waals surface area contributed by atoms with Crippen LogP contribution in [-0.4, -0.2) is 9.78 Å². The average molecular weight is 308 g/mol. The van der Waals surface area contributed by atoms with Gasteiger partial charge in [-0.1, -0.05) is 35.0 Å². The maximum absolute atomic E-state index is 6.30. The number of hydrogen-bond acceptors (Lipinski definition) is 2. The third-order valence-corrected chi connectivity index (χ3v) is 3.51. The van der Waals surface area contributed by atoms with Crippen molar-refractivity contribution in [1.82, 2.24) is 9.78 Å². The summed E-state index contributed by atoms with van der Waals surface area (Å²) >= 11 is 3.48. The van der Waals surface area contributed by atoms with E-state index in [1.165, 1.54) is 5.56 Å². The van der Waals surface area contributed by atoms with Crippen LogP contribution in [0.2, 0.25) is 0 Å². The smallest absolute Gasteiger partial charge is 0.0669 e. The molecule has 0 aliphatic rings. The minimum Gasteiger partial charge on any atom is -0.324 e. The molecule has 1 heterocycles. The molecule has 3 nitrogen and oxygen atoms in total. The molecular formula is C14H18BrN3. The second-order valence-corrected chi connectivity index (χ2v) is 5.41. The normalized spacial score (nSPS) is 12.7. The first kappa shape index (κ1) is 13.3. The zero-order valence-corrected chi connectivity index (χ0v) is 12.3. The van der Waals surface area contributed by atoms with Gasteiger partial charge in [0, 0.05) is 29.3 Å². The van der Waals surface area contributed by atoms with Crippen LogP contribution in [0.15, 0.2) is 34.9 Å². The van der Waals surface area contributed by atoms with Gasteiger partial charge in [-0.2, -0.15) is 5.10 Å². The maximum atomic E-state index is 6.30. The molecular weight excluding hydrogens is 290 g/mol. The third-order valence-electron chi connectivity index (χ3n) is 3.02. The molecule has 1 aromatic heterocycles. The lowest BCUT2D eigenvalue weighted by Crippen LogP contribution is -2.14. The SMILES string of the molecule is CCc1nn(C)cc1C(N)Cc1cccc(Br)c1. The van der Waals surface area contributed by atoms with Crippen molar-refractivity contribution in [3.05, 3.63) is 51.8 Å². The van der Waals surface area contributed by atoms with Gasteiger partial charge in [0.2, 0.25) is 0 Å². The van der Waals surface area contributed by atoms with E-state index < -0.39 is 0 Å². The number of aromatic nitrogens is 2. The van der Waals surface area contributed by atoms with E-state index >= 15 is 0 Å². The summed E-state index contributed by atoms with van der Waals surface area (Å²) in [6.45, 7) is 2.11. The lowest BCUT2D eigenvalue weighted by Gasteiger charge is -2.11. The van der Waals surface area contributed by atoms with E-state index in [1.54, 1.807) is 0 Å². The Hall–Kier alpha value is -1.13. The Morgan fingerprint density at radius 1 is 1.44 bits per heavy atom. The predicted molar refractivity (Wildman–Crippen MR) is 77.4 cm³/mol. The van der Waals surface area contributed by atoms with E-state index in [0.29, 0.717) is 0 Å². The van der Waals surface area contributed by atoms with E-state index in [2.05, 4.69) is 40.1 Å². The zero-order chi connectivity index (χ0) is 13.1. The lowest BCUT2D eigenvalue weighted by atomic mass is 9.99. The monoisotopic (exact) mass is 307 g/mol. The van der Waals surface area contributed by atoms with Crippen molar-refractivity contribution < 1.29 is 0 Å². The molecule has 0 bridgehead atoms. The van der Waals surface area contributed by atoms with Crippen molar-refractivity contribution in [3.8, 4) is 0 Å². The van der Waals surface area contributed by atoms with Crippen molar-refractivity contribution in [3.63, 3.8) is 0 Å². The predicted octanol–water partition coefficient (Wildman–Crippen LogP) is 2.99. The highest BCUT2D eigenvalue weighted by Crippen LogP contribution is 2.21. The lowest BCUT2D eigenvalue weighted by molar-refractivity contribution is 0.711. The largest absolute Gasteiger partial charge is 0.324 e. The molecule has 0 fully saturated rings. The van der Waals surface area contributed by atoms with Gasteiger partial charge in [-0.15, -0.1) is 0 Å². The fourth-order valence-electron chi connectivity index (χ4n) is 2.17. The van der Waals surface area contributed by atoms with Crippen LogP contribution >= 0.6 is 15.9 Å². The topological polar surface area (TPSA) is 43.8 Å². The Kier molecular flexibility index (Phi) is 4.19. The fourth-order valence-corrected chi connectivity index (χ4v) is 2.61. The van der Waals surface area contributed by atoms with Crippen LogP contribution in [-0.2, 0) is 19.9 Å². The summed E-state index contributed by atoms with van der Waals surface area (Å²) in [7, 11) is 1.94. The number of hydrogen-bond donors (Lipinski definition) is 1. The van der Waals surface area contributed by atoms with Crippen LogP contribution in [0, 0.1) is 0 Å². The molecule has 0 aliphatic carbocycles. The van der Waals surface area contributed by atoms with Crippen LogP contribution < -0.4 is 5.73 Å². The molecule has 2 aromatic rings. The van der Waals surface area contributed by atoms with Gasteiger partial charge in [-0.05, 0) is 30.5 Å². The van der Waals surface area contributed by atoms with Crippen molar-refractivity contribution >= 4 is 15.9 Å². The van der Waals surface area contributed by atoms with E-state index in [4.69, 9.17) is 5.73 Å². The van der Waals surface area contributed by atoms with Crippen LogP contribution in [0.1, 0.15) is 29.8 Å². The number of nitrogens with two attached hydrogens (primary N) is 1. The Labute approximate surface area is 116 Å². The molecule has 1 aromatic carbocycles. The Balaban J connectivity index is 2.18. The third kappa shape index (κ3) is 3.00. The van der Waals surface area contributed by atoms with E-state index in [9.17, 15) is 0 Å². The average Bonchev–Trinajstić information content (AvgIpc) is 2.70. The van der Waals surface area contributed by atoms with Gasteiger partial charge in [0.1, 0.15) is 0 Å². The molecule has 2 rings (SSSR count). The highest BCUT2D eigenvalue weighted by molar-refractivity contribution is 9.10. The zero-order valence-electron chi connectivity index (χ0n) is 10.7. The van der Waals surface area contributed by atoms with Gasteiger partial charge < -0.3 is 5.73 Å². The van der Waals surface area contributed by atoms with Crippen molar-refractivity contribution in [2.45, 2.75) is 25.8 Å². The summed E-state index contributed by atoms with van der Waals surface area (Å²) < 4.78 is 2.93. The Morgan fingerprint density at radius 3 is 2.89 bits per heavy atom. The van der Waals surface area contributed by atoms with E-state index in [0.717, 1.165) is 28.6 Å². The van der Waals surface area contributed by atoms with E-state index in [-0.39, 0.29) is 6.04 Å². The van der Waals surface area contributed by atoms with Gasteiger partial charge in [0.15, 0.2) is 0 Å². The van der Waals surface area contributed by atoms with Crippen molar-refractivity contribution in [2.24, 2.45) is 12.8 Å². The molecule has 0 spiro atoms.